The van der Waals surface area contributed by atoms with Crippen molar-refractivity contribution in [2.75, 3.05) is 27.2 Å². The standard InChI is InChI=1S/C13H19NO2/c1-9(15)16-8-13-11-5-4-10(6-11)12(13)7-14(2)3/h4-5,10-11H,6-8H2,1-3H3. The first kappa shape index (κ1) is 11.4. The fourth-order valence-corrected chi connectivity index (χ4v) is 2.63. The van der Waals surface area contributed by atoms with Gasteiger partial charge in [-0.25, -0.2) is 0 Å². The Morgan fingerprint density at radius 1 is 1.38 bits per heavy atom. The average molecular weight is 221 g/mol. The van der Waals surface area contributed by atoms with Gasteiger partial charge >= 0.3 is 5.97 Å². The minimum absolute atomic E-state index is 0.191. The molecule has 2 bridgehead atoms. The number of likely N-dealkylation sites (N-methyl/N-ethyl adjacent to an activating group) is 1. The van der Waals surface area contributed by atoms with Gasteiger partial charge in [-0.3, -0.25) is 4.79 Å². The zero-order chi connectivity index (χ0) is 11.7. The molecule has 0 aromatic heterocycles. The first-order chi connectivity index (χ1) is 7.58. The van der Waals surface area contributed by atoms with Crippen LogP contribution in [-0.4, -0.2) is 38.1 Å². The third-order valence-electron chi connectivity index (χ3n) is 3.31. The van der Waals surface area contributed by atoms with Crippen molar-refractivity contribution in [3.63, 3.8) is 0 Å². The van der Waals surface area contributed by atoms with E-state index in [1.54, 1.807) is 0 Å². The third-order valence-corrected chi connectivity index (χ3v) is 3.31. The normalized spacial score (nSPS) is 27.0. The number of ether oxygens (including phenoxy) is 1. The number of rotatable bonds is 4. The number of esters is 1. The molecule has 0 heterocycles. The first-order valence-corrected chi connectivity index (χ1v) is 5.76. The molecule has 0 aliphatic heterocycles. The second-order valence-corrected chi connectivity index (χ2v) is 4.90. The highest BCUT2D eigenvalue weighted by molar-refractivity contribution is 5.66. The molecule has 0 saturated carbocycles. The first-order valence-electron chi connectivity index (χ1n) is 5.76. The van der Waals surface area contributed by atoms with Gasteiger partial charge in [-0.05, 0) is 31.7 Å². The molecule has 2 aliphatic carbocycles. The Hall–Kier alpha value is -1.09. The van der Waals surface area contributed by atoms with Crippen LogP contribution in [0.25, 0.3) is 0 Å². The van der Waals surface area contributed by atoms with Crippen LogP contribution in [0.5, 0.6) is 0 Å². The quantitative estimate of drug-likeness (QED) is 0.533. The van der Waals surface area contributed by atoms with E-state index in [2.05, 4.69) is 31.1 Å². The van der Waals surface area contributed by atoms with Crippen LogP contribution in [0.2, 0.25) is 0 Å². The fraction of sp³-hybridized carbons (Fsp3) is 0.615. The second kappa shape index (κ2) is 4.42. The smallest absolute Gasteiger partial charge is 0.302 e. The maximum Gasteiger partial charge on any atom is 0.302 e. The van der Waals surface area contributed by atoms with Crippen molar-refractivity contribution in [2.24, 2.45) is 11.8 Å². The minimum Gasteiger partial charge on any atom is -0.461 e. The number of nitrogens with zero attached hydrogens (tertiary/aromatic N) is 1. The predicted octanol–water partition coefficient (Wildman–Crippen LogP) is 1.61. The molecule has 0 saturated heterocycles. The molecule has 0 aromatic carbocycles. The van der Waals surface area contributed by atoms with Crippen LogP contribution in [0.4, 0.5) is 0 Å². The summed E-state index contributed by atoms with van der Waals surface area (Å²) in [4.78, 5) is 13.0. The van der Waals surface area contributed by atoms with Gasteiger partial charge in [0.05, 0.1) is 0 Å². The van der Waals surface area contributed by atoms with E-state index in [1.165, 1.54) is 24.5 Å². The summed E-state index contributed by atoms with van der Waals surface area (Å²) in [6.45, 7) is 2.92. The van der Waals surface area contributed by atoms with Crippen LogP contribution in [-0.2, 0) is 9.53 Å². The molecule has 2 rings (SSSR count). The second-order valence-electron chi connectivity index (χ2n) is 4.90. The van der Waals surface area contributed by atoms with Crippen molar-refractivity contribution in [3.05, 3.63) is 23.3 Å². The molecule has 16 heavy (non-hydrogen) atoms. The lowest BCUT2D eigenvalue weighted by Crippen LogP contribution is -2.20. The summed E-state index contributed by atoms with van der Waals surface area (Å²) in [5.74, 6) is 0.903. The number of hydrogen-bond acceptors (Lipinski definition) is 3. The van der Waals surface area contributed by atoms with Crippen LogP contribution >= 0.6 is 0 Å². The molecule has 88 valence electrons. The Balaban J connectivity index is 2.09. The highest BCUT2D eigenvalue weighted by Gasteiger charge is 2.35. The van der Waals surface area contributed by atoms with Crippen molar-refractivity contribution in [3.8, 4) is 0 Å². The lowest BCUT2D eigenvalue weighted by molar-refractivity contribution is -0.140. The third kappa shape index (κ3) is 2.19. The van der Waals surface area contributed by atoms with Crippen molar-refractivity contribution in [1.82, 2.24) is 4.90 Å². The van der Waals surface area contributed by atoms with Gasteiger partial charge in [0, 0.05) is 25.3 Å². The molecule has 0 N–H and O–H groups in total. The van der Waals surface area contributed by atoms with Crippen molar-refractivity contribution in [2.45, 2.75) is 13.3 Å². The number of carbonyl (C=O) groups is 1. The summed E-state index contributed by atoms with van der Waals surface area (Å²) >= 11 is 0. The largest absolute Gasteiger partial charge is 0.461 e. The van der Waals surface area contributed by atoms with Gasteiger partial charge < -0.3 is 9.64 Å². The number of hydrogen-bond donors (Lipinski definition) is 0. The summed E-state index contributed by atoms with van der Waals surface area (Å²) in [7, 11) is 4.15. The number of fused-ring (bicyclic) bond motifs is 2. The summed E-state index contributed by atoms with van der Waals surface area (Å²) in [6.07, 6.45) is 5.73. The van der Waals surface area contributed by atoms with Crippen molar-refractivity contribution >= 4 is 5.97 Å². The van der Waals surface area contributed by atoms with Gasteiger partial charge in [0.25, 0.3) is 0 Å². The van der Waals surface area contributed by atoms with Crippen molar-refractivity contribution < 1.29 is 9.53 Å². The molecule has 0 aromatic rings. The zero-order valence-electron chi connectivity index (χ0n) is 10.2. The lowest BCUT2D eigenvalue weighted by Gasteiger charge is -2.19. The number of carbonyl (C=O) groups excluding carboxylic acids is 1. The molecular weight excluding hydrogens is 202 g/mol. The molecule has 3 nitrogen and oxygen atoms in total. The summed E-state index contributed by atoms with van der Waals surface area (Å²) in [5, 5.41) is 0. The maximum absolute atomic E-state index is 10.9. The SMILES string of the molecule is CC(=O)OCC1=C(CN(C)C)C2C=CC1C2. The van der Waals surface area contributed by atoms with Gasteiger partial charge in [0.1, 0.15) is 6.61 Å². The van der Waals surface area contributed by atoms with E-state index in [0.717, 1.165) is 6.54 Å². The molecule has 2 aliphatic rings. The summed E-state index contributed by atoms with van der Waals surface area (Å²) < 4.78 is 5.14. The molecule has 0 spiro atoms. The van der Waals surface area contributed by atoms with Crippen LogP contribution in [0.1, 0.15) is 13.3 Å². The lowest BCUT2D eigenvalue weighted by atomic mass is 9.97. The fourth-order valence-electron chi connectivity index (χ4n) is 2.63. The van der Waals surface area contributed by atoms with Gasteiger partial charge in [0.15, 0.2) is 0 Å². The minimum atomic E-state index is -0.191. The Labute approximate surface area is 96.8 Å². The summed E-state index contributed by atoms with van der Waals surface area (Å²) in [5.41, 5.74) is 2.79. The van der Waals surface area contributed by atoms with Gasteiger partial charge in [-0.1, -0.05) is 12.2 Å². The van der Waals surface area contributed by atoms with E-state index in [4.69, 9.17) is 4.74 Å². The van der Waals surface area contributed by atoms with Gasteiger partial charge in [0.2, 0.25) is 0 Å². The zero-order valence-corrected chi connectivity index (χ0v) is 10.2. The van der Waals surface area contributed by atoms with E-state index in [9.17, 15) is 4.79 Å². The van der Waals surface area contributed by atoms with Crippen LogP contribution in [0, 0.1) is 11.8 Å². The Kier molecular flexibility index (Phi) is 3.15. The molecule has 3 heteroatoms. The van der Waals surface area contributed by atoms with E-state index >= 15 is 0 Å². The molecular formula is C13H19NO2. The van der Waals surface area contributed by atoms with E-state index in [-0.39, 0.29) is 5.97 Å². The highest BCUT2D eigenvalue weighted by Crippen LogP contribution is 2.43. The highest BCUT2D eigenvalue weighted by atomic mass is 16.5. The predicted molar refractivity (Wildman–Crippen MR) is 63.0 cm³/mol. The Morgan fingerprint density at radius 3 is 2.56 bits per heavy atom. The maximum atomic E-state index is 10.9. The Bertz CT molecular complexity index is 355. The molecule has 0 amide bonds. The van der Waals surface area contributed by atoms with E-state index < -0.39 is 0 Å². The van der Waals surface area contributed by atoms with Crippen molar-refractivity contribution in [1.29, 1.82) is 0 Å². The molecule has 2 unspecified atom stereocenters. The van der Waals surface area contributed by atoms with Gasteiger partial charge in [-0.2, -0.15) is 0 Å². The number of allylic oxidation sites excluding steroid dienone is 2. The van der Waals surface area contributed by atoms with E-state index in [0.29, 0.717) is 18.4 Å². The van der Waals surface area contributed by atoms with Crippen LogP contribution in [0.3, 0.4) is 0 Å². The summed E-state index contributed by atoms with van der Waals surface area (Å²) in [6, 6.07) is 0. The van der Waals surface area contributed by atoms with E-state index in [1.807, 2.05) is 0 Å². The van der Waals surface area contributed by atoms with Crippen LogP contribution in [0.15, 0.2) is 23.3 Å². The monoisotopic (exact) mass is 221 g/mol. The molecule has 2 atom stereocenters. The average Bonchev–Trinajstić information content (AvgIpc) is 2.74. The van der Waals surface area contributed by atoms with Gasteiger partial charge in [-0.15, -0.1) is 0 Å². The topological polar surface area (TPSA) is 29.5 Å². The molecule has 0 radical (unpaired) electrons. The molecule has 0 fully saturated rings. The van der Waals surface area contributed by atoms with Crippen LogP contribution < -0.4 is 0 Å². The Morgan fingerprint density at radius 2 is 2.00 bits per heavy atom.